The molecule has 3 rings (SSSR count). The molecule has 0 unspecified atom stereocenters. The summed E-state index contributed by atoms with van der Waals surface area (Å²) in [6.07, 6.45) is 1.77. The van der Waals surface area contributed by atoms with Crippen molar-refractivity contribution in [3.8, 4) is 0 Å². The summed E-state index contributed by atoms with van der Waals surface area (Å²) in [5, 5.41) is 11.0. The predicted molar refractivity (Wildman–Crippen MR) is 149 cm³/mol. The lowest BCUT2D eigenvalue weighted by Gasteiger charge is -2.20. The second-order valence-electron chi connectivity index (χ2n) is 9.37. The molecule has 1 amide bonds. The lowest BCUT2D eigenvalue weighted by molar-refractivity contribution is -0.138. The summed E-state index contributed by atoms with van der Waals surface area (Å²) in [5.74, 6) is -1.43. The number of aliphatic hydroxyl groups excluding tert-OH is 1. The molecule has 0 fully saturated rings. The Morgan fingerprint density at radius 2 is 1.61 bits per heavy atom. The number of aliphatic hydroxyl groups is 1. The van der Waals surface area contributed by atoms with E-state index in [1.807, 2.05) is 36.4 Å². The van der Waals surface area contributed by atoms with Crippen molar-refractivity contribution in [3.05, 3.63) is 81.5 Å². The minimum absolute atomic E-state index is 0.0380. The van der Waals surface area contributed by atoms with Gasteiger partial charge in [-0.2, -0.15) is 0 Å². The van der Waals surface area contributed by atoms with E-state index in [1.165, 1.54) is 0 Å². The van der Waals surface area contributed by atoms with Gasteiger partial charge in [-0.1, -0.05) is 56.8 Å². The van der Waals surface area contributed by atoms with Crippen molar-refractivity contribution in [3.63, 3.8) is 0 Å². The van der Waals surface area contributed by atoms with Crippen LogP contribution in [0.2, 0.25) is 0 Å². The topological polar surface area (TPSA) is 79.2 Å². The fraction of sp³-hybridized carbons (Fsp3) is 0.345. The van der Waals surface area contributed by atoms with Crippen LogP contribution in [0, 0.1) is 0 Å². The first-order chi connectivity index (χ1) is 17.1. The standard InChI is InChI=1S/C29H34N2O4S/c1-7-31(8-2)22-16-10-19(11-17-22)18-23-25(32)24(28(34)35-9-3)27(36-23)30-26(33)20-12-14-21(15-13-20)29(4,5)6/h10-18,32H,7-9H2,1-6H3/b23-18-,30-27?. The maximum absolute atomic E-state index is 12.9. The van der Waals surface area contributed by atoms with Crippen molar-refractivity contribution in [2.75, 3.05) is 24.6 Å². The van der Waals surface area contributed by atoms with Gasteiger partial charge in [0.1, 0.15) is 16.4 Å². The van der Waals surface area contributed by atoms with E-state index < -0.39 is 11.9 Å². The Balaban J connectivity index is 1.93. The average molecular weight is 507 g/mol. The number of carbonyl (C=O) groups excluding carboxylic acids is 2. The molecule has 190 valence electrons. The van der Waals surface area contributed by atoms with E-state index in [9.17, 15) is 14.7 Å². The van der Waals surface area contributed by atoms with E-state index in [0.717, 1.165) is 41.7 Å². The molecule has 0 aromatic heterocycles. The van der Waals surface area contributed by atoms with Gasteiger partial charge in [0.2, 0.25) is 0 Å². The van der Waals surface area contributed by atoms with Crippen LogP contribution in [0.3, 0.4) is 0 Å². The second kappa shape index (κ2) is 11.6. The van der Waals surface area contributed by atoms with Crippen LogP contribution in [0.1, 0.15) is 63.0 Å². The van der Waals surface area contributed by atoms with Crippen molar-refractivity contribution >= 4 is 40.4 Å². The van der Waals surface area contributed by atoms with Crippen LogP contribution in [-0.4, -0.2) is 41.7 Å². The first-order valence-electron chi connectivity index (χ1n) is 12.2. The lowest BCUT2D eigenvalue weighted by atomic mass is 9.87. The fourth-order valence-electron chi connectivity index (χ4n) is 3.78. The largest absolute Gasteiger partial charge is 0.506 e. The zero-order valence-electron chi connectivity index (χ0n) is 21.8. The van der Waals surface area contributed by atoms with Gasteiger partial charge in [0.05, 0.1) is 11.5 Å². The summed E-state index contributed by atoms with van der Waals surface area (Å²) in [4.78, 5) is 32.5. The Labute approximate surface area is 217 Å². The Morgan fingerprint density at radius 1 is 1.00 bits per heavy atom. The zero-order chi connectivity index (χ0) is 26.5. The number of thioether (sulfide) groups is 1. The fourth-order valence-corrected chi connectivity index (χ4v) is 4.80. The van der Waals surface area contributed by atoms with E-state index in [2.05, 4.69) is 44.5 Å². The van der Waals surface area contributed by atoms with Gasteiger partial charge in [-0.05, 0) is 67.7 Å². The maximum atomic E-state index is 12.9. The third-order valence-electron chi connectivity index (χ3n) is 5.89. The zero-order valence-corrected chi connectivity index (χ0v) is 22.6. The molecule has 0 bridgehead atoms. The Morgan fingerprint density at radius 3 is 2.14 bits per heavy atom. The Kier molecular flexibility index (Phi) is 8.79. The normalized spacial score (nSPS) is 16.1. The quantitative estimate of drug-likeness (QED) is 0.430. The number of benzene rings is 2. The summed E-state index contributed by atoms with van der Waals surface area (Å²) in [5.41, 5.74) is 3.34. The van der Waals surface area contributed by atoms with Crippen molar-refractivity contribution in [2.45, 2.75) is 47.0 Å². The molecule has 0 aliphatic carbocycles. The molecule has 2 aromatic carbocycles. The Bertz CT molecular complexity index is 1200. The van der Waals surface area contributed by atoms with Gasteiger partial charge >= 0.3 is 5.97 Å². The maximum Gasteiger partial charge on any atom is 0.344 e. The van der Waals surface area contributed by atoms with E-state index in [-0.39, 0.29) is 28.4 Å². The number of ether oxygens (including phenoxy) is 1. The molecule has 0 spiro atoms. The number of anilines is 1. The van der Waals surface area contributed by atoms with Crippen LogP contribution in [0.4, 0.5) is 5.69 Å². The number of aliphatic imine (C=N–C) groups is 1. The second-order valence-corrected chi connectivity index (χ2v) is 10.4. The molecule has 6 nitrogen and oxygen atoms in total. The van der Waals surface area contributed by atoms with Crippen molar-refractivity contribution < 1.29 is 19.4 Å². The van der Waals surface area contributed by atoms with Crippen LogP contribution in [-0.2, 0) is 14.9 Å². The number of nitrogens with zero attached hydrogens (tertiary/aromatic N) is 2. The van der Waals surface area contributed by atoms with Crippen molar-refractivity contribution in [1.82, 2.24) is 0 Å². The van der Waals surface area contributed by atoms with Crippen LogP contribution in [0.25, 0.3) is 6.08 Å². The predicted octanol–water partition coefficient (Wildman–Crippen LogP) is 6.53. The molecule has 2 aromatic rings. The number of carbonyl (C=O) groups is 2. The molecule has 1 aliphatic heterocycles. The number of hydrogen-bond donors (Lipinski definition) is 1. The first-order valence-corrected chi connectivity index (χ1v) is 13.0. The van der Waals surface area contributed by atoms with E-state index in [4.69, 9.17) is 4.74 Å². The highest BCUT2D eigenvalue weighted by atomic mass is 32.2. The van der Waals surface area contributed by atoms with Gasteiger partial charge in [-0.3, -0.25) is 4.79 Å². The van der Waals surface area contributed by atoms with Crippen molar-refractivity contribution in [2.24, 2.45) is 4.99 Å². The molecule has 0 radical (unpaired) electrons. The van der Waals surface area contributed by atoms with Crippen LogP contribution >= 0.6 is 11.8 Å². The summed E-state index contributed by atoms with van der Waals surface area (Å²) < 4.78 is 5.14. The number of amides is 1. The van der Waals surface area contributed by atoms with E-state index >= 15 is 0 Å². The molecular formula is C29H34N2O4S. The highest BCUT2D eigenvalue weighted by Crippen LogP contribution is 2.39. The molecule has 1 aliphatic rings. The van der Waals surface area contributed by atoms with Gasteiger partial charge in [-0.25, -0.2) is 9.79 Å². The molecule has 0 saturated carbocycles. The van der Waals surface area contributed by atoms with Gasteiger partial charge in [0, 0.05) is 24.3 Å². The monoisotopic (exact) mass is 506 g/mol. The molecular weight excluding hydrogens is 472 g/mol. The van der Waals surface area contributed by atoms with Gasteiger partial charge in [0.25, 0.3) is 5.91 Å². The highest BCUT2D eigenvalue weighted by Gasteiger charge is 2.34. The lowest BCUT2D eigenvalue weighted by Crippen LogP contribution is -2.21. The molecule has 1 heterocycles. The number of rotatable bonds is 7. The summed E-state index contributed by atoms with van der Waals surface area (Å²) >= 11 is 1.08. The summed E-state index contributed by atoms with van der Waals surface area (Å²) in [6.45, 7) is 14.2. The minimum atomic E-state index is -0.711. The van der Waals surface area contributed by atoms with Crippen LogP contribution in [0.5, 0.6) is 0 Å². The van der Waals surface area contributed by atoms with Crippen LogP contribution < -0.4 is 4.90 Å². The van der Waals surface area contributed by atoms with E-state index in [0.29, 0.717) is 10.5 Å². The van der Waals surface area contributed by atoms with Gasteiger partial charge in [-0.15, -0.1) is 0 Å². The molecule has 0 saturated heterocycles. The number of esters is 1. The molecule has 7 heteroatoms. The highest BCUT2D eigenvalue weighted by molar-refractivity contribution is 8.18. The minimum Gasteiger partial charge on any atom is -0.506 e. The first kappa shape index (κ1) is 27.3. The average Bonchev–Trinajstić information content (AvgIpc) is 3.14. The SMILES string of the molecule is CCOC(=O)C1=C(O)/C(=C/c2ccc(N(CC)CC)cc2)SC1=NC(=O)c1ccc(C(C)(C)C)cc1. The van der Waals surface area contributed by atoms with Gasteiger partial charge in [0.15, 0.2) is 0 Å². The smallest absolute Gasteiger partial charge is 0.344 e. The third kappa shape index (κ3) is 6.26. The van der Waals surface area contributed by atoms with E-state index in [1.54, 1.807) is 25.1 Å². The Hall–Kier alpha value is -3.32. The molecule has 36 heavy (non-hydrogen) atoms. The number of hydrogen-bond acceptors (Lipinski definition) is 6. The van der Waals surface area contributed by atoms with Crippen molar-refractivity contribution in [1.29, 1.82) is 0 Å². The molecule has 1 N–H and O–H groups in total. The summed E-state index contributed by atoms with van der Waals surface area (Å²) in [6, 6.07) is 15.2. The molecule has 0 atom stereocenters. The van der Waals surface area contributed by atoms with Gasteiger partial charge < -0.3 is 14.7 Å². The summed E-state index contributed by atoms with van der Waals surface area (Å²) in [7, 11) is 0. The van der Waals surface area contributed by atoms with Crippen LogP contribution in [0.15, 0.2) is 69.8 Å². The third-order valence-corrected chi connectivity index (χ3v) is 6.91.